The number of benzene rings is 2. The van der Waals surface area contributed by atoms with Crippen molar-refractivity contribution in [2.75, 3.05) is 7.11 Å². The minimum absolute atomic E-state index is 0.282. The van der Waals surface area contributed by atoms with Gasteiger partial charge in [0.2, 0.25) is 0 Å². The first-order valence-corrected chi connectivity index (χ1v) is 8.53. The first-order valence-electron chi connectivity index (χ1n) is 8.53. The van der Waals surface area contributed by atoms with Crippen LogP contribution in [0.3, 0.4) is 0 Å². The SMILES string of the molecule is COc1cccc(-n2nc(-c3ncn[nH]3)c(Oc3ccc(C)cc3)cc2=O)c1. The van der Waals surface area contributed by atoms with Gasteiger partial charge >= 0.3 is 0 Å². The lowest BCUT2D eigenvalue weighted by molar-refractivity contribution is 0.414. The van der Waals surface area contributed by atoms with Gasteiger partial charge in [0, 0.05) is 6.07 Å². The molecule has 28 heavy (non-hydrogen) atoms. The molecule has 140 valence electrons. The van der Waals surface area contributed by atoms with E-state index in [0.717, 1.165) is 5.56 Å². The van der Waals surface area contributed by atoms with E-state index in [4.69, 9.17) is 9.47 Å². The van der Waals surface area contributed by atoms with Crippen LogP contribution in [0.5, 0.6) is 17.2 Å². The molecular formula is C20H17N5O3. The monoisotopic (exact) mass is 375 g/mol. The van der Waals surface area contributed by atoms with Crippen LogP contribution in [-0.4, -0.2) is 32.1 Å². The molecule has 0 saturated heterocycles. The molecule has 0 atom stereocenters. The molecule has 1 N–H and O–H groups in total. The molecule has 2 aromatic carbocycles. The second kappa shape index (κ2) is 7.36. The number of methoxy groups -OCH3 is 1. The molecule has 4 rings (SSSR count). The number of hydrogen-bond acceptors (Lipinski definition) is 6. The Bertz CT molecular complexity index is 1150. The lowest BCUT2D eigenvalue weighted by Crippen LogP contribution is -2.21. The molecule has 4 aromatic rings. The van der Waals surface area contributed by atoms with E-state index in [1.807, 2.05) is 31.2 Å². The van der Waals surface area contributed by atoms with Crippen LogP contribution in [0.4, 0.5) is 0 Å². The van der Waals surface area contributed by atoms with Gasteiger partial charge in [-0.05, 0) is 31.2 Å². The number of hydrogen-bond donors (Lipinski definition) is 1. The summed E-state index contributed by atoms with van der Waals surface area (Å²) in [5, 5.41) is 11.1. The predicted octanol–water partition coefficient (Wildman–Crippen LogP) is 3.13. The van der Waals surface area contributed by atoms with Gasteiger partial charge in [0.05, 0.1) is 18.9 Å². The molecule has 2 aromatic heterocycles. The fraction of sp³-hybridized carbons (Fsp3) is 0.100. The van der Waals surface area contributed by atoms with Crippen LogP contribution < -0.4 is 15.0 Å². The van der Waals surface area contributed by atoms with Crippen molar-refractivity contribution in [2.24, 2.45) is 0 Å². The smallest absolute Gasteiger partial charge is 0.275 e. The fourth-order valence-corrected chi connectivity index (χ4v) is 2.66. The van der Waals surface area contributed by atoms with Gasteiger partial charge < -0.3 is 9.47 Å². The summed E-state index contributed by atoms with van der Waals surface area (Å²) in [6.07, 6.45) is 1.37. The van der Waals surface area contributed by atoms with Crippen molar-refractivity contribution in [1.29, 1.82) is 0 Å². The maximum atomic E-state index is 12.7. The van der Waals surface area contributed by atoms with E-state index in [-0.39, 0.29) is 11.3 Å². The number of aryl methyl sites for hydroxylation is 1. The molecule has 8 nitrogen and oxygen atoms in total. The minimum atomic E-state index is -0.348. The van der Waals surface area contributed by atoms with Crippen LogP contribution in [0.25, 0.3) is 17.2 Å². The zero-order valence-corrected chi connectivity index (χ0v) is 15.3. The van der Waals surface area contributed by atoms with Crippen LogP contribution in [0.1, 0.15) is 5.56 Å². The molecule has 0 spiro atoms. The standard InChI is InChI=1S/C20H17N5O3/c1-13-6-8-15(9-7-13)28-17-11-18(26)25(14-4-3-5-16(10-14)27-2)24-19(17)20-21-12-22-23-20/h3-12H,1-2H3,(H,21,22,23). The van der Waals surface area contributed by atoms with Gasteiger partial charge in [0.1, 0.15) is 17.8 Å². The molecule has 0 amide bonds. The first kappa shape index (κ1) is 17.5. The van der Waals surface area contributed by atoms with Crippen LogP contribution in [-0.2, 0) is 0 Å². The summed E-state index contributed by atoms with van der Waals surface area (Å²) in [5.74, 6) is 1.88. The van der Waals surface area contributed by atoms with Gasteiger partial charge in [0.15, 0.2) is 17.3 Å². The zero-order valence-electron chi connectivity index (χ0n) is 15.3. The lowest BCUT2D eigenvalue weighted by Gasteiger charge is -2.12. The van der Waals surface area contributed by atoms with Gasteiger partial charge in [-0.3, -0.25) is 9.89 Å². The van der Waals surface area contributed by atoms with Crippen LogP contribution in [0, 0.1) is 6.92 Å². The van der Waals surface area contributed by atoms with Crippen molar-refractivity contribution in [3.63, 3.8) is 0 Å². The van der Waals surface area contributed by atoms with Crippen LogP contribution in [0.15, 0.2) is 65.7 Å². The zero-order chi connectivity index (χ0) is 19.5. The van der Waals surface area contributed by atoms with Crippen molar-refractivity contribution in [1.82, 2.24) is 25.0 Å². The fourth-order valence-electron chi connectivity index (χ4n) is 2.66. The quantitative estimate of drug-likeness (QED) is 0.576. The number of aromatic nitrogens is 5. The minimum Gasteiger partial charge on any atom is -0.497 e. The maximum Gasteiger partial charge on any atom is 0.275 e. The van der Waals surface area contributed by atoms with Crippen molar-refractivity contribution in [3.05, 3.63) is 76.8 Å². The van der Waals surface area contributed by atoms with E-state index in [1.54, 1.807) is 31.4 Å². The van der Waals surface area contributed by atoms with Crippen molar-refractivity contribution in [3.8, 4) is 34.5 Å². The molecular weight excluding hydrogens is 358 g/mol. The van der Waals surface area contributed by atoms with Crippen molar-refractivity contribution < 1.29 is 9.47 Å². The number of nitrogens with one attached hydrogen (secondary N) is 1. The highest BCUT2D eigenvalue weighted by Crippen LogP contribution is 2.29. The Labute approximate surface area is 160 Å². The summed E-state index contributed by atoms with van der Waals surface area (Å²) in [7, 11) is 1.56. The molecule has 0 bridgehead atoms. The highest BCUT2D eigenvalue weighted by atomic mass is 16.5. The number of nitrogens with zero attached hydrogens (tertiary/aromatic N) is 4. The second-order valence-corrected chi connectivity index (χ2v) is 6.06. The Morgan fingerprint density at radius 3 is 2.57 bits per heavy atom. The Balaban J connectivity index is 1.84. The van der Waals surface area contributed by atoms with Crippen LogP contribution >= 0.6 is 0 Å². The molecule has 2 heterocycles. The summed E-state index contributed by atoms with van der Waals surface area (Å²) < 4.78 is 12.4. The molecule has 8 heteroatoms. The Kier molecular flexibility index (Phi) is 4.59. The van der Waals surface area contributed by atoms with Gasteiger partial charge in [0.25, 0.3) is 5.56 Å². The van der Waals surface area contributed by atoms with Crippen molar-refractivity contribution in [2.45, 2.75) is 6.92 Å². The summed E-state index contributed by atoms with van der Waals surface area (Å²) >= 11 is 0. The first-order chi connectivity index (χ1) is 13.6. The van der Waals surface area contributed by atoms with E-state index in [1.165, 1.54) is 17.1 Å². The summed E-state index contributed by atoms with van der Waals surface area (Å²) in [5.41, 5.74) is 1.68. The number of rotatable bonds is 5. The average molecular weight is 375 g/mol. The molecule has 0 unspecified atom stereocenters. The molecule has 0 aliphatic rings. The van der Waals surface area contributed by atoms with Gasteiger partial charge in [-0.2, -0.15) is 14.9 Å². The van der Waals surface area contributed by atoms with E-state index in [9.17, 15) is 4.79 Å². The summed E-state index contributed by atoms with van der Waals surface area (Å²) in [6.45, 7) is 1.99. The Morgan fingerprint density at radius 2 is 1.86 bits per heavy atom. The molecule has 0 fully saturated rings. The van der Waals surface area contributed by atoms with Gasteiger partial charge in [-0.25, -0.2) is 4.98 Å². The Morgan fingerprint density at radius 1 is 1.04 bits per heavy atom. The highest BCUT2D eigenvalue weighted by molar-refractivity contribution is 5.59. The molecule has 0 aliphatic heterocycles. The normalized spacial score (nSPS) is 10.6. The molecule has 0 aliphatic carbocycles. The van der Waals surface area contributed by atoms with Crippen LogP contribution in [0.2, 0.25) is 0 Å². The molecule has 0 saturated carbocycles. The third kappa shape index (κ3) is 3.48. The number of H-pyrrole nitrogens is 1. The van der Waals surface area contributed by atoms with Gasteiger partial charge in [-0.1, -0.05) is 23.8 Å². The van der Waals surface area contributed by atoms with Gasteiger partial charge in [-0.15, -0.1) is 0 Å². The number of ether oxygens (including phenoxy) is 2. The third-order valence-corrected chi connectivity index (χ3v) is 4.08. The number of aromatic amines is 1. The predicted molar refractivity (Wildman–Crippen MR) is 103 cm³/mol. The highest BCUT2D eigenvalue weighted by Gasteiger charge is 2.17. The topological polar surface area (TPSA) is 94.9 Å². The van der Waals surface area contributed by atoms with E-state index < -0.39 is 0 Å². The third-order valence-electron chi connectivity index (χ3n) is 4.08. The summed E-state index contributed by atoms with van der Waals surface area (Å²) in [4.78, 5) is 16.9. The average Bonchev–Trinajstić information content (AvgIpc) is 3.24. The molecule has 0 radical (unpaired) electrons. The maximum absolute atomic E-state index is 12.7. The largest absolute Gasteiger partial charge is 0.497 e. The lowest BCUT2D eigenvalue weighted by atomic mass is 10.2. The van der Waals surface area contributed by atoms with E-state index >= 15 is 0 Å². The summed E-state index contributed by atoms with van der Waals surface area (Å²) in [6, 6.07) is 15.9. The van der Waals surface area contributed by atoms with E-state index in [2.05, 4.69) is 20.3 Å². The second-order valence-electron chi connectivity index (χ2n) is 6.06. The van der Waals surface area contributed by atoms with Crippen molar-refractivity contribution >= 4 is 0 Å². The van der Waals surface area contributed by atoms with E-state index in [0.29, 0.717) is 28.7 Å². The Hall–Kier alpha value is -3.94.